The Labute approximate surface area is 107 Å². The van der Waals surface area contributed by atoms with Crippen LogP contribution in [-0.2, 0) is 0 Å². The lowest BCUT2D eigenvalue weighted by atomic mass is 10.1. The smallest absolute Gasteiger partial charge is 0.165 e. The normalized spacial score (nSPS) is 10.4. The maximum Gasteiger partial charge on any atom is 0.165 e. The molecule has 1 aromatic heterocycles. The molecule has 0 amide bonds. The van der Waals surface area contributed by atoms with Crippen molar-refractivity contribution in [3.8, 4) is 17.1 Å². The molecule has 1 heterocycles. The Balaban J connectivity index is 2.55. The summed E-state index contributed by atoms with van der Waals surface area (Å²) in [6.45, 7) is 6.41. The average Bonchev–Trinajstić information content (AvgIpc) is 2.36. The molecule has 2 rings (SSSR count). The second kappa shape index (κ2) is 5.04. The third kappa shape index (κ3) is 2.27. The maximum absolute atomic E-state index is 5.89. The number of ether oxygens (including phenoxy) is 1. The summed E-state index contributed by atoms with van der Waals surface area (Å²) in [6, 6.07) is 7.72. The fourth-order valence-corrected chi connectivity index (χ4v) is 1.70. The number of benzene rings is 1. The van der Waals surface area contributed by atoms with Crippen molar-refractivity contribution >= 4 is 5.82 Å². The summed E-state index contributed by atoms with van der Waals surface area (Å²) in [4.78, 5) is 8.81. The van der Waals surface area contributed by atoms with E-state index in [0.717, 1.165) is 22.6 Å². The van der Waals surface area contributed by atoms with Gasteiger partial charge in [-0.3, -0.25) is 0 Å². The van der Waals surface area contributed by atoms with E-state index in [9.17, 15) is 0 Å². The molecule has 4 nitrogen and oxygen atoms in total. The highest BCUT2D eigenvalue weighted by Gasteiger charge is 2.11. The van der Waals surface area contributed by atoms with Gasteiger partial charge in [-0.2, -0.15) is 0 Å². The van der Waals surface area contributed by atoms with Crippen LogP contribution in [-0.4, -0.2) is 16.6 Å². The van der Waals surface area contributed by atoms with Gasteiger partial charge in [0.2, 0.25) is 0 Å². The summed E-state index contributed by atoms with van der Waals surface area (Å²) in [5.41, 5.74) is 8.58. The first-order valence-electron chi connectivity index (χ1n) is 5.96. The molecule has 4 heteroatoms. The third-order valence-electron chi connectivity index (χ3n) is 2.85. The largest absolute Gasteiger partial charge is 0.493 e. The SMILES string of the molecule is CCOc1ccccc1-c1nc(C)c(C)c(N)n1. The van der Waals surface area contributed by atoms with Gasteiger partial charge in [-0.25, -0.2) is 9.97 Å². The highest BCUT2D eigenvalue weighted by Crippen LogP contribution is 2.28. The van der Waals surface area contributed by atoms with E-state index >= 15 is 0 Å². The molecule has 18 heavy (non-hydrogen) atoms. The molecule has 0 spiro atoms. The van der Waals surface area contributed by atoms with Gasteiger partial charge >= 0.3 is 0 Å². The summed E-state index contributed by atoms with van der Waals surface area (Å²) >= 11 is 0. The number of para-hydroxylation sites is 1. The molecule has 0 saturated heterocycles. The van der Waals surface area contributed by atoms with Crippen LogP contribution in [0.25, 0.3) is 11.4 Å². The van der Waals surface area contributed by atoms with Crippen molar-refractivity contribution in [2.45, 2.75) is 20.8 Å². The number of nitrogens with two attached hydrogens (primary N) is 1. The van der Waals surface area contributed by atoms with Crippen LogP contribution in [0.5, 0.6) is 5.75 Å². The highest BCUT2D eigenvalue weighted by atomic mass is 16.5. The van der Waals surface area contributed by atoms with Crippen LogP contribution in [0.2, 0.25) is 0 Å². The molecule has 0 radical (unpaired) electrons. The molecule has 0 atom stereocenters. The summed E-state index contributed by atoms with van der Waals surface area (Å²) < 4.78 is 5.58. The van der Waals surface area contributed by atoms with Gasteiger partial charge in [0.25, 0.3) is 0 Å². The Bertz CT molecular complexity index is 544. The summed E-state index contributed by atoms with van der Waals surface area (Å²) in [7, 11) is 0. The van der Waals surface area contributed by atoms with Crippen molar-refractivity contribution in [2.24, 2.45) is 0 Å². The van der Waals surface area contributed by atoms with Crippen LogP contribution in [0.3, 0.4) is 0 Å². The summed E-state index contributed by atoms with van der Waals surface area (Å²) in [5, 5.41) is 0. The lowest BCUT2D eigenvalue weighted by molar-refractivity contribution is 0.341. The zero-order valence-corrected chi connectivity index (χ0v) is 10.9. The molecular weight excluding hydrogens is 226 g/mol. The second-order valence-electron chi connectivity index (χ2n) is 4.07. The lowest BCUT2D eigenvalue weighted by Crippen LogP contribution is -2.03. The van der Waals surface area contributed by atoms with E-state index < -0.39 is 0 Å². The molecule has 0 aliphatic heterocycles. The average molecular weight is 243 g/mol. The van der Waals surface area contributed by atoms with Gasteiger partial charge in [0, 0.05) is 11.3 Å². The predicted octanol–water partition coefficient (Wildman–Crippen LogP) is 2.74. The molecule has 0 aliphatic carbocycles. The zero-order valence-electron chi connectivity index (χ0n) is 10.9. The van der Waals surface area contributed by atoms with Crippen LogP contribution < -0.4 is 10.5 Å². The van der Waals surface area contributed by atoms with Gasteiger partial charge in [0.05, 0.1) is 12.2 Å². The minimum Gasteiger partial charge on any atom is -0.493 e. The first kappa shape index (κ1) is 12.4. The van der Waals surface area contributed by atoms with E-state index in [1.165, 1.54) is 0 Å². The first-order chi connectivity index (χ1) is 8.63. The number of hydrogen-bond donors (Lipinski definition) is 1. The molecule has 1 aromatic carbocycles. The summed E-state index contributed by atoms with van der Waals surface area (Å²) in [6.07, 6.45) is 0. The monoisotopic (exact) mass is 243 g/mol. The van der Waals surface area contributed by atoms with Crippen molar-refractivity contribution < 1.29 is 4.74 Å². The number of hydrogen-bond acceptors (Lipinski definition) is 4. The first-order valence-corrected chi connectivity index (χ1v) is 5.96. The van der Waals surface area contributed by atoms with E-state index in [1.807, 2.05) is 45.0 Å². The molecule has 0 unspecified atom stereocenters. The van der Waals surface area contributed by atoms with Crippen LogP contribution in [0.15, 0.2) is 24.3 Å². The molecule has 2 aromatic rings. The van der Waals surface area contributed by atoms with Gasteiger partial charge in [-0.15, -0.1) is 0 Å². The van der Waals surface area contributed by atoms with Crippen LogP contribution >= 0.6 is 0 Å². The van der Waals surface area contributed by atoms with Gasteiger partial charge in [0.1, 0.15) is 11.6 Å². The lowest BCUT2D eigenvalue weighted by Gasteiger charge is -2.11. The van der Waals surface area contributed by atoms with Crippen LogP contribution in [0.1, 0.15) is 18.2 Å². The fourth-order valence-electron chi connectivity index (χ4n) is 1.70. The Hall–Kier alpha value is -2.10. The van der Waals surface area contributed by atoms with Gasteiger partial charge in [0.15, 0.2) is 5.82 Å². The molecule has 0 fully saturated rings. The number of anilines is 1. The fraction of sp³-hybridized carbons (Fsp3) is 0.286. The van der Waals surface area contributed by atoms with E-state index in [2.05, 4.69) is 9.97 Å². The van der Waals surface area contributed by atoms with E-state index in [-0.39, 0.29) is 0 Å². The Kier molecular flexibility index (Phi) is 3.46. The number of nitrogens with zero attached hydrogens (tertiary/aromatic N) is 2. The predicted molar refractivity (Wildman–Crippen MR) is 72.5 cm³/mol. The second-order valence-corrected chi connectivity index (χ2v) is 4.07. The molecule has 94 valence electrons. The molecule has 0 bridgehead atoms. The Morgan fingerprint density at radius 1 is 1.17 bits per heavy atom. The number of aryl methyl sites for hydroxylation is 1. The van der Waals surface area contributed by atoms with Gasteiger partial charge in [-0.1, -0.05) is 12.1 Å². The highest BCUT2D eigenvalue weighted by molar-refractivity contribution is 5.65. The Morgan fingerprint density at radius 3 is 2.56 bits per heavy atom. The van der Waals surface area contributed by atoms with Gasteiger partial charge in [-0.05, 0) is 32.9 Å². The van der Waals surface area contributed by atoms with Crippen molar-refractivity contribution in [3.63, 3.8) is 0 Å². The molecular formula is C14H17N3O. The van der Waals surface area contributed by atoms with Crippen LogP contribution in [0.4, 0.5) is 5.82 Å². The van der Waals surface area contributed by atoms with Crippen LogP contribution in [0, 0.1) is 13.8 Å². The standard InChI is InChI=1S/C14H17N3O/c1-4-18-12-8-6-5-7-11(12)14-16-10(3)9(2)13(15)17-14/h5-8H,4H2,1-3H3,(H2,15,16,17). The summed E-state index contributed by atoms with van der Waals surface area (Å²) in [5.74, 6) is 1.91. The maximum atomic E-state index is 5.89. The van der Waals surface area contributed by atoms with Crippen molar-refractivity contribution in [1.29, 1.82) is 0 Å². The van der Waals surface area contributed by atoms with E-state index in [0.29, 0.717) is 18.2 Å². The molecule has 0 aliphatic rings. The van der Waals surface area contributed by atoms with E-state index in [1.54, 1.807) is 0 Å². The quantitative estimate of drug-likeness (QED) is 0.900. The Morgan fingerprint density at radius 2 is 1.89 bits per heavy atom. The number of rotatable bonds is 3. The zero-order chi connectivity index (χ0) is 13.1. The van der Waals surface area contributed by atoms with E-state index in [4.69, 9.17) is 10.5 Å². The van der Waals surface area contributed by atoms with Crippen molar-refractivity contribution in [3.05, 3.63) is 35.5 Å². The minimum atomic E-state index is 0.517. The number of nitrogen functional groups attached to an aromatic ring is 1. The van der Waals surface area contributed by atoms with Gasteiger partial charge < -0.3 is 10.5 Å². The third-order valence-corrected chi connectivity index (χ3v) is 2.85. The topological polar surface area (TPSA) is 61.0 Å². The molecule has 2 N–H and O–H groups in total. The number of aromatic nitrogens is 2. The van der Waals surface area contributed by atoms with Crippen molar-refractivity contribution in [2.75, 3.05) is 12.3 Å². The van der Waals surface area contributed by atoms with Crippen molar-refractivity contribution in [1.82, 2.24) is 9.97 Å². The molecule has 0 saturated carbocycles. The minimum absolute atomic E-state index is 0.517.